The lowest BCUT2D eigenvalue weighted by molar-refractivity contribution is -0.144. The number of aromatic hydroxyl groups is 2. The lowest BCUT2D eigenvalue weighted by Crippen LogP contribution is -2.59. The number of hydrogen-bond acceptors (Lipinski definition) is 20. The zero-order valence-electron chi connectivity index (χ0n) is 80.5. The highest BCUT2D eigenvalue weighted by molar-refractivity contribution is 6.01. The fourth-order valence-electron chi connectivity index (χ4n) is 17.0. The van der Waals surface area contributed by atoms with Crippen molar-refractivity contribution in [3.05, 3.63) is 156 Å². The topological polar surface area (TPSA) is 743 Å². The molecule has 2 fully saturated rings. The number of phenolic OH excluding ortho intramolecular Hbond substituents is 2. The molecule has 0 saturated carbocycles. The molecule has 0 bridgehead atoms. The number of amides is 12. The number of phenols is 2. The summed E-state index contributed by atoms with van der Waals surface area (Å²) in [4.78, 5) is 184. The van der Waals surface area contributed by atoms with Gasteiger partial charge in [-0.2, -0.15) is 0 Å². The van der Waals surface area contributed by atoms with Crippen LogP contribution in [0.15, 0.2) is 133 Å². The Kier molecular flexibility index (Phi) is 47.2. The van der Waals surface area contributed by atoms with Crippen LogP contribution in [0, 0.1) is 32.5 Å². The molecule has 10 atom stereocenters. The van der Waals surface area contributed by atoms with Crippen LogP contribution >= 0.6 is 0 Å². The Balaban J connectivity index is 1.02. The van der Waals surface area contributed by atoms with Gasteiger partial charge in [0.2, 0.25) is 70.9 Å². The molecule has 2 aliphatic rings. The molecule has 6 aromatic carbocycles. The van der Waals surface area contributed by atoms with Crippen LogP contribution in [0.2, 0.25) is 0 Å². The minimum Gasteiger partial charge on any atom is -0.508 e. The molecule has 44 nitrogen and oxygen atoms in total. The van der Waals surface area contributed by atoms with Crippen molar-refractivity contribution in [3.63, 3.8) is 0 Å². The zero-order chi connectivity index (χ0) is 103. The van der Waals surface area contributed by atoms with E-state index in [-0.39, 0.29) is 228 Å². The van der Waals surface area contributed by atoms with E-state index in [4.69, 9.17) is 66.9 Å². The third-order valence-corrected chi connectivity index (χ3v) is 24.4. The maximum Gasteiger partial charge on any atom is 0.246 e. The fraction of sp³-hybridized carbons (Fsp3) is 0.490. The molecule has 2 unspecified atom stereocenters. The summed E-state index contributed by atoms with van der Waals surface area (Å²) < 4.78 is 0. The van der Waals surface area contributed by atoms with Crippen molar-refractivity contribution in [1.82, 2.24) is 94.9 Å². The molecule has 2 aliphatic heterocycles. The van der Waals surface area contributed by atoms with Gasteiger partial charge in [0.1, 0.15) is 71.9 Å². The van der Waals surface area contributed by atoms with Crippen LogP contribution < -0.4 is 119 Å². The molecule has 6 aromatic rings. The second-order valence-corrected chi connectivity index (χ2v) is 35.7. The number of guanidine groups is 6. The number of hydrogen-bond donors (Lipinski definition) is 30. The number of carbonyl (C=O) groups excluding carboxylic acids is 12. The summed E-state index contributed by atoms with van der Waals surface area (Å²) in [7, 11) is 0. The van der Waals surface area contributed by atoms with Gasteiger partial charge in [0.05, 0.1) is 0 Å². The number of nitrogens with two attached hydrogens (primary N) is 6. The molecule has 770 valence electrons. The first-order chi connectivity index (χ1) is 68.2. The summed E-state index contributed by atoms with van der Waals surface area (Å²) in [6, 6.07) is 23.9. The van der Waals surface area contributed by atoms with E-state index in [0.717, 1.165) is 21.5 Å². The van der Waals surface area contributed by atoms with E-state index in [1.54, 1.807) is 36.4 Å². The number of nitrogens with one attached hydrogen (secondary N) is 22. The number of benzene rings is 6. The van der Waals surface area contributed by atoms with Gasteiger partial charge in [-0.05, 0) is 184 Å². The molecule has 0 aromatic heterocycles. The number of rotatable bonds is 51. The van der Waals surface area contributed by atoms with E-state index < -0.39 is 131 Å². The summed E-state index contributed by atoms with van der Waals surface area (Å²) in [6.45, 7) is 0.998. The van der Waals surface area contributed by atoms with Gasteiger partial charge in [0.15, 0.2) is 35.8 Å². The highest BCUT2D eigenvalue weighted by Crippen LogP contribution is 2.25. The largest absolute Gasteiger partial charge is 0.508 e. The smallest absolute Gasteiger partial charge is 0.246 e. The maximum absolute atomic E-state index is 15.9. The first-order valence-corrected chi connectivity index (χ1v) is 48.7. The van der Waals surface area contributed by atoms with Crippen LogP contribution in [0.4, 0.5) is 0 Å². The molecule has 142 heavy (non-hydrogen) atoms. The molecule has 2 heterocycles. The minimum atomic E-state index is -1.46. The lowest BCUT2D eigenvalue weighted by atomic mass is 9.99. The molecule has 36 N–H and O–H groups in total. The molecule has 0 spiro atoms. The van der Waals surface area contributed by atoms with Crippen molar-refractivity contribution in [2.24, 2.45) is 34.4 Å². The van der Waals surface area contributed by atoms with Crippen molar-refractivity contribution in [3.8, 4) is 11.5 Å². The van der Waals surface area contributed by atoms with Gasteiger partial charge in [0.25, 0.3) is 0 Å². The van der Waals surface area contributed by atoms with E-state index in [2.05, 4.69) is 85.1 Å². The van der Waals surface area contributed by atoms with E-state index in [0.29, 0.717) is 86.7 Å². The van der Waals surface area contributed by atoms with Crippen LogP contribution in [0.3, 0.4) is 0 Å². The Bertz CT molecular complexity index is 4950. The van der Waals surface area contributed by atoms with E-state index in [9.17, 15) is 19.8 Å². The van der Waals surface area contributed by atoms with Crippen LogP contribution in [0.1, 0.15) is 176 Å². The van der Waals surface area contributed by atoms with Crippen LogP contribution in [-0.2, 0) is 83.2 Å². The average molecular weight is 1970 g/mol. The summed E-state index contributed by atoms with van der Waals surface area (Å²) in [5.41, 5.74) is 36.0. The minimum absolute atomic E-state index is 0.0423. The first-order valence-electron chi connectivity index (χ1n) is 48.7. The maximum atomic E-state index is 15.9. The number of unbranched alkanes of at least 4 members (excludes halogenated alkanes) is 7. The molecule has 0 radical (unpaired) electrons. The van der Waals surface area contributed by atoms with Crippen LogP contribution in [-0.4, -0.2) is 253 Å². The first kappa shape index (κ1) is 112. The van der Waals surface area contributed by atoms with Crippen molar-refractivity contribution < 1.29 is 67.7 Å². The Morgan fingerprint density at radius 3 is 0.831 bits per heavy atom. The van der Waals surface area contributed by atoms with Gasteiger partial charge < -0.3 is 139 Å². The Morgan fingerprint density at radius 2 is 0.514 bits per heavy atom. The summed E-state index contributed by atoms with van der Waals surface area (Å²) in [6.07, 6.45) is 4.04. The van der Waals surface area contributed by atoms with Gasteiger partial charge in [-0.15, -0.1) is 0 Å². The van der Waals surface area contributed by atoms with Crippen molar-refractivity contribution >= 4 is 128 Å². The molecule has 2 saturated heterocycles. The van der Waals surface area contributed by atoms with E-state index >= 15 is 47.9 Å². The molecule has 0 aliphatic carbocycles. The van der Waals surface area contributed by atoms with Crippen LogP contribution in [0.25, 0.3) is 21.5 Å². The Hall–Kier alpha value is -15.3. The quantitative estimate of drug-likeness (QED) is 0.0140. The van der Waals surface area contributed by atoms with Gasteiger partial charge >= 0.3 is 0 Å². The lowest BCUT2D eigenvalue weighted by Gasteiger charge is -2.35. The van der Waals surface area contributed by atoms with Gasteiger partial charge in [-0.25, -0.2) is 0 Å². The Morgan fingerprint density at radius 1 is 0.268 bits per heavy atom. The second-order valence-electron chi connectivity index (χ2n) is 35.7. The molecule has 8 rings (SSSR count). The number of carbonyl (C=O) groups is 12. The van der Waals surface area contributed by atoms with Gasteiger partial charge in [0, 0.05) is 104 Å². The molecular formula is C98H144N30O14. The third-order valence-electron chi connectivity index (χ3n) is 24.4. The summed E-state index contributed by atoms with van der Waals surface area (Å²) in [5.74, 6) is -10.6. The van der Waals surface area contributed by atoms with E-state index in [1.807, 2.05) is 72.8 Å². The van der Waals surface area contributed by atoms with Gasteiger partial charge in [-0.3, -0.25) is 90.0 Å². The Labute approximate surface area is 826 Å². The second kappa shape index (κ2) is 59.9. The highest BCUT2D eigenvalue weighted by atomic mass is 16.3. The summed E-state index contributed by atoms with van der Waals surface area (Å²) in [5, 5.41) is 116. The standard InChI is InChI=1S/C98H144N30O14/c99-93(100)113-45-11-1-3-13-53-127-79(29-19-51-117-97(107)108)89(139)121-73(27-17-49-115-95(103)104)83(133)123-75(59-63-33-39-65-21-5-7-23-67(65)55-63)87(137)119-71(85(135)125-77(91(127)141)57-61-35-41-69(129)42-36-61)25-15-47-111-81(131)31-9-10-32-82(132)112-48-16-26-72-86(136)126-78(58-62-37-43-70(130)44-38-62)92(142)128(54-14-4-2-12-46-114-94(101)102)80(30-20-52-118-98(109)110)90(140)122-74(28-18-50-116-96(105)106)84(134)124-76(88(138)120-72)60-64-34-40-66-22-6-8-24-68(66)56-64/h5-8,21-24,33-44,55-56,71-80,129-130H,1-4,9-20,25-32,45-54,57-60H2,(H,111,131)(H,112,132)(H,119,137)(H,120,138)(H,121,139)(H,122,140)(H,123,133)(H,124,134)(H,125,135)(H,126,136)(H4,99,100,113)(H4,101,102,114)(H4,103,104,115)(H4,105,106,116)(H4,107,108,117)(H4,109,110,118)/t71?,72?,73-,74-,75-,76-,77+,78+,79+,80+/m0/s1. The fourth-order valence-corrected chi connectivity index (χ4v) is 17.0. The third kappa shape index (κ3) is 40.3. The van der Waals surface area contributed by atoms with Crippen molar-refractivity contribution in [2.75, 3.05) is 65.4 Å². The monoisotopic (exact) mass is 1970 g/mol. The molecule has 44 heteroatoms. The summed E-state index contributed by atoms with van der Waals surface area (Å²) >= 11 is 0. The van der Waals surface area contributed by atoms with E-state index in [1.165, 1.54) is 34.1 Å². The SMILES string of the molecule is N=C(N)NCCCCCCN1C(=O)[C@@H](Cc2ccc(O)cc2)NC(=O)C(CCCNC(=O)CCCCC(=O)NCCCC2NC(=O)[C@H](Cc3ccc4ccccc4c3)NC(=O)[C@H](CCCNC(=N)N)NC(=O)[C@@H](CCCNC(=N)N)N(CCCCCCNC(=N)N)C(=O)[C@@H](Cc3ccc(O)cc3)NC2=O)NC(=O)[C@H](Cc2ccc3ccccc3c2)NC(=O)[C@H](CCCNC(=N)N)NC(=O)[C@H]1CCCNC(=N)N. The van der Waals surface area contributed by atoms with Crippen molar-refractivity contribution in [2.45, 2.75) is 240 Å². The number of fused-ring (bicyclic) bond motifs is 2. The zero-order valence-corrected chi connectivity index (χ0v) is 80.5. The number of nitrogens with zero attached hydrogens (tertiary/aromatic N) is 2. The highest BCUT2D eigenvalue weighted by Gasteiger charge is 2.42. The van der Waals surface area contributed by atoms with Gasteiger partial charge in [-0.1, -0.05) is 135 Å². The predicted octanol–water partition coefficient (Wildman–Crippen LogP) is 0.468. The average Bonchev–Trinajstić information content (AvgIpc) is 1.86. The normalized spacial score (nSPS) is 19.1. The predicted molar refractivity (Wildman–Crippen MR) is 542 cm³/mol. The van der Waals surface area contributed by atoms with Crippen molar-refractivity contribution in [1.29, 1.82) is 32.5 Å². The van der Waals surface area contributed by atoms with Crippen LogP contribution in [0.5, 0.6) is 11.5 Å². The molecular weight excluding hydrogens is 1820 g/mol. The molecule has 12 amide bonds.